The van der Waals surface area contributed by atoms with Crippen LogP contribution in [0.4, 0.5) is 0 Å². The van der Waals surface area contributed by atoms with Gasteiger partial charge in [0, 0.05) is 19.1 Å². The van der Waals surface area contributed by atoms with E-state index in [-0.39, 0.29) is 0 Å². The first kappa shape index (κ1) is 10.5. The summed E-state index contributed by atoms with van der Waals surface area (Å²) >= 11 is 0. The van der Waals surface area contributed by atoms with Crippen LogP contribution in [0.25, 0.3) is 0 Å². The van der Waals surface area contributed by atoms with Crippen molar-refractivity contribution in [1.82, 2.24) is 9.80 Å². The lowest BCUT2D eigenvalue weighted by atomic mass is 10.2. The van der Waals surface area contributed by atoms with Crippen LogP contribution in [-0.2, 0) is 0 Å². The van der Waals surface area contributed by atoms with Gasteiger partial charge in [0.05, 0.1) is 5.84 Å². The van der Waals surface area contributed by atoms with E-state index in [0.717, 1.165) is 19.6 Å². The molecule has 3 nitrogen and oxygen atoms in total. The van der Waals surface area contributed by atoms with Gasteiger partial charge in [-0.15, -0.1) is 0 Å². The molecule has 0 aromatic carbocycles. The molecule has 0 bridgehead atoms. The smallest absolute Gasteiger partial charge is 0.0928 e. The minimum Gasteiger partial charge on any atom is -0.357 e. The molecule has 1 heterocycles. The minimum atomic E-state index is 0.500. The molecule has 1 unspecified atom stereocenters. The van der Waals surface area contributed by atoms with Gasteiger partial charge >= 0.3 is 0 Å². The van der Waals surface area contributed by atoms with E-state index in [1.807, 2.05) is 6.92 Å². The Hall–Kier alpha value is -0.570. The van der Waals surface area contributed by atoms with E-state index in [1.165, 1.54) is 13.0 Å². The van der Waals surface area contributed by atoms with E-state index >= 15 is 0 Å². The van der Waals surface area contributed by atoms with E-state index in [1.54, 1.807) is 0 Å². The molecule has 1 aliphatic heterocycles. The van der Waals surface area contributed by atoms with Crippen molar-refractivity contribution in [2.45, 2.75) is 33.2 Å². The van der Waals surface area contributed by atoms with Gasteiger partial charge in [-0.2, -0.15) is 0 Å². The SMILES string of the molecule is CCN1CCCN(C(C)=N)C(C)C1. The number of hydrogen-bond acceptors (Lipinski definition) is 2. The van der Waals surface area contributed by atoms with Gasteiger partial charge in [-0.25, -0.2) is 0 Å². The zero-order chi connectivity index (χ0) is 9.84. The summed E-state index contributed by atoms with van der Waals surface area (Å²) in [5.41, 5.74) is 0. The van der Waals surface area contributed by atoms with Crippen LogP contribution < -0.4 is 0 Å². The van der Waals surface area contributed by atoms with Gasteiger partial charge in [0.1, 0.15) is 0 Å². The summed E-state index contributed by atoms with van der Waals surface area (Å²) in [7, 11) is 0. The molecular weight excluding hydrogens is 162 g/mol. The van der Waals surface area contributed by atoms with E-state index in [4.69, 9.17) is 5.41 Å². The van der Waals surface area contributed by atoms with Crippen molar-refractivity contribution in [2.24, 2.45) is 0 Å². The monoisotopic (exact) mass is 183 g/mol. The molecular formula is C10H21N3. The first-order valence-electron chi connectivity index (χ1n) is 5.19. The molecule has 1 atom stereocenters. The lowest BCUT2D eigenvalue weighted by Crippen LogP contribution is -2.41. The zero-order valence-corrected chi connectivity index (χ0v) is 9.01. The van der Waals surface area contributed by atoms with Gasteiger partial charge in [0.25, 0.3) is 0 Å². The van der Waals surface area contributed by atoms with E-state index in [0.29, 0.717) is 11.9 Å². The first-order chi connectivity index (χ1) is 6.15. The molecule has 1 N–H and O–H groups in total. The summed E-state index contributed by atoms with van der Waals surface area (Å²) in [4.78, 5) is 4.67. The molecule has 1 fully saturated rings. The van der Waals surface area contributed by atoms with Crippen LogP contribution in [0.15, 0.2) is 0 Å². The number of amidine groups is 1. The van der Waals surface area contributed by atoms with Gasteiger partial charge in [-0.3, -0.25) is 5.41 Å². The molecule has 0 amide bonds. The topological polar surface area (TPSA) is 30.3 Å². The van der Waals surface area contributed by atoms with E-state index < -0.39 is 0 Å². The largest absolute Gasteiger partial charge is 0.357 e. The van der Waals surface area contributed by atoms with Gasteiger partial charge < -0.3 is 9.80 Å². The van der Waals surface area contributed by atoms with Crippen LogP contribution in [0.2, 0.25) is 0 Å². The second kappa shape index (κ2) is 4.61. The molecule has 0 spiro atoms. The average Bonchev–Trinajstić information content (AvgIpc) is 2.26. The lowest BCUT2D eigenvalue weighted by molar-refractivity contribution is 0.256. The summed E-state index contributed by atoms with van der Waals surface area (Å²) in [5.74, 6) is 0.713. The highest BCUT2D eigenvalue weighted by molar-refractivity contribution is 5.76. The molecule has 0 aromatic rings. The maximum Gasteiger partial charge on any atom is 0.0928 e. The van der Waals surface area contributed by atoms with Crippen molar-refractivity contribution in [3.8, 4) is 0 Å². The molecule has 3 heteroatoms. The van der Waals surface area contributed by atoms with Crippen LogP contribution >= 0.6 is 0 Å². The molecule has 1 saturated heterocycles. The highest BCUT2D eigenvalue weighted by atomic mass is 15.3. The Bertz CT molecular complexity index is 179. The number of rotatable bonds is 1. The van der Waals surface area contributed by atoms with Crippen LogP contribution in [0, 0.1) is 5.41 Å². The fourth-order valence-corrected chi connectivity index (χ4v) is 2.03. The molecule has 0 aliphatic carbocycles. The highest BCUT2D eigenvalue weighted by Gasteiger charge is 2.20. The summed E-state index contributed by atoms with van der Waals surface area (Å²) in [5, 5.41) is 7.65. The maximum atomic E-state index is 7.65. The Balaban J connectivity index is 2.56. The predicted octanol–water partition coefficient (Wildman–Crippen LogP) is 1.40. The number of nitrogens with zero attached hydrogens (tertiary/aromatic N) is 2. The Kier molecular flexibility index (Phi) is 3.72. The number of hydrogen-bond donors (Lipinski definition) is 1. The highest BCUT2D eigenvalue weighted by Crippen LogP contribution is 2.09. The predicted molar refractivity (Wildman–Crippen MR) is 56.3 cm³/mol. The molecule has 13 heavy (non-hydrogen) atoms. The molecule has 1 rings (SSSR count). The van der Waals surface area contributed by atoms with Crippen molar-refractivity contribution in [2.75, 3.05) is 26.2 Å². The summed E-state index contributed by atoms with van der Waals surface area (Å²) < 4.78 is 0. The van der Waals surface area contributed by atoms with Crippen LogP contribution in [0.5, 0.6) is 0 Å². The van der Waals surface area contributed by atoms with Crippen molar-refractivity contribution in [3.05, 3.63) is 0 Å². The Labute approximate surface area is 81.2 Å². The third-order valence-corrected chi connectivity index (χ3v) is 2.81. The second-order valence-corrected chi connectivity index (χ2v) is 3.87. The third kappa shape index (κ3) is 2.69. The van der Waals surface area contributed by atoms with Crippen molar-refractivity contribution in [3.63, 3.8) is 0 Å². The fourth-order valence-electron chi connectivity index (χ4n) is 2.03. The first-order valence-corrected chi connectivity index (χ1v) is 5.19. The summed E-state index contributed by atoms with van der Waals surface area (Å²) in [6.45, 7) is 10.8. The third-order valence-electron chi connectivity index (χ3n) is 2.81. The Morgan fingerprint density at radius 2 is 2.15 bits per heavy atom. The van der Waals surface area contributed by atoms with Gasteiger partial charge in [0.2, 0.25) is 0 Å². The molecule has 0 radical (unpaired) electrons. The minimum absolute atomic E-state index is 0.500. The molecule has 0 aromatic heterocycles. The van der Waals surface area contributed by atoms with Crippen LogP contribution in [0.3, 0.4) is 0 Å². The van der Waals surface area contributed by atoms with E-state index in [2.05, 4.69) is 23.6 Å². The number of likely N-dealkylation sites (N-methyl/N-ethyl adjacent to an activating group) is 1. The van der Waals surface area contributed by atoms with E-state index in [9.17, 15) is 0 Å². The van der Waals surface area contributed by atoms with Crippen molar-refractivity contribution in [1.29, 1.82) is 5.41 Å². The quantitative estimate of drug-likeness (QED) is 0.492. The number of nitrogens with one attached hydrogen (secondary N) is 1. The maximum absolute atomic E-state index is 7.65. The van der Waals surface area contributed by atoms with Gasteiger partial charge in [0.15, 0.2) is 0 Å². The van der Waals surface area contributed by atoms with Crippen LogP contribution in [0.1, 0.15) is 27.2 Å². The molecule has 1 aliphatic rings. The Morgan fingerprint density at radius 3 is 2.69 bits per heavy atom. The Morgan fingerprint density at radius 1 is 1.46 bits per heavy atom. The summed E-state index contributed by atoms with van der Waals surface area (Å²) in [6.07, 6.45) is 1.19. The second-order valence-electron chi connectivity index (χ2n) is 3.87. The standard InChI is InChI=1S/C10H21N3/c1-4-12-6-5-7-13(10(3)11)9(2)8-12/h9,11H,4-8H2,1-3H3. The zero-order valence-electron chi connectivity index (χ0n) is 9.01. The van der Waals surface area contributed by atoms with Crippen LogP contribution in [-0.4, -0.2) is 47.9 Å². The van der Waals surface area contributed by atoms with Crippen molar-refractivity contribution < 1.29 is 0 Å². The molecule has 76 valence electrons. The lowest BCUT2D eigenvalue weighted by Gasteiger charge is -2.29. The van der Waals surface area contributed by atoms with Crippen molar-refractivity contribution >= 4 is 5.84 Å². The van der Waals surface area contributed by atoms with Gasteiger partial charge in [-0.05, 0) is 33.4 Å². The fraction of sp³-hybridized carbons (Fsp3) is 0.900. The normalized spacial score (nSPS) is 25.8. The molecule has 0 saturated carbocycles. The average molecular weight is 183 g/mol. The summed E-state index contributed by atoms with van der Waals surface area (Å²) in [6, 6.07) is 0.500. The van der Waals surface area contributed by atoms with Gasteiger partial charge in [-0.1, -0.05) is 6.92 Å².